The van der Waals surface area contributed by atoms with Gasteiger partial charge in [-0.05, 0) is 5.21 Å². The van der Waals surface area contributed by atoms with Crippen LogP contribution in [-0.2, 0) is 7.05 Å². The lowest BCUT2D eigenvalue weighted by Gasteiger charge is -1.93. The van der Waals surface area contributed by atoms with Gasteiger partial charge < -0.3 is 0 Å². The molecule has 5 nitrogen and oxygen atoms in total. The minimum Gasteiger partial charge on any atom is -0.298 e. The summed E-state index contributed by atoms with van der Waals surface area (Å²) in [5, 5.41) is 11.6. The number of hydrogen-bond donors (Lipinski definition) is 0. The Morgan fingerprint density at radius 2 is 2.00 bits per heavy atom. The van der Waals surface area contributed by atoms with E-state index in [4.69, 9.17) is 0 Å². The summed E-state index contributed by atoms with van der Waals surface area (Å²) in [6.45, 7) is 0. The minimum atomic E-state index is 0.560. The largest absolute Gasteiger partial charge is 0.298 e. The maximum atomic E-state index is 10.4. The third kappa shape index (κ3) is 1.52. The van der Waals surface area contributed by atoms with E-state index >= 15 is 0 Å². The summed E-state index contributed by atoms with van der Waals surface area (Å²) < 4.78 is 0. The summed E-state index contributed by atoms with van der Waals surface area (Å²) in [7, 11) is 1.70. The van der Waals surface area contributed by atoms with E-state index in [2.05, 4.69) is 15.4 Å². The quantitative estimate of drug-likeness (QED) is 0.650. The Kier molecular flexibility index (Phi) is 2.06. The predicted molar refractivity (Wildman–Crippen MR) is 49.6 cm³/mol. The number of nitrogens with zero attached hydrogens (tertiary/aromatic N) is 4. The molecule has 0 bridgehead atoms. The lowest BCUT2D eigenvalue weighted by molar-refractivity contribution is 0.112. The Hall–Kier alpha value is -2.04. The van der Waals surface area contributed by atoms with Crippen molar-refractivity contribution in [1.29, 1.82) is 0 Å². The third-order valence-electron chi connectivity index (χ3n) is 1.81. The number of tetrazole rings is 1. The van der Waals surface area contributed by atoms with Gasteiger partial charge in [-0.25, -0.2) is 0 Å². The van der Waals surface area contributed by atoms with Crippen molar-refractivity contribution in [1.82, 2.24) is 20.2 Å². The molecular formula is C9H8N4O. The molecule has 0 amide bonds. The monoisotopic (exact) mass is 188 g/mol. The molecular weight excluding hydrogens is 180 g/mol. The molecule has 70 valence electrons. The van der Waals surface area contributed by atoms with Gasteiger partial charge in [-0.15, -0.1) is 10.2 Å². The van der Waals surface area contributed by atoms with E-state index in [0.717, 1.165) is 11.8 Å². The molecule has 0 saturated carbocycles. The molecule has 1 aromatic heterocycles. The zero-order valence-electron chi connectivity index (χ0n) is 7.58. The molecule has 0 spiro atoms. The van der Waals surface area contributed by atoms with Gasteiger partial charge in [-0.1, -0.05) is 24.3 Å². The van der Waals surface area contributed by atoms with Crippen LogP contribution >= 0.6 is 0 Å². The van der Waals surface area contributed by atoms with Crippen LogP contribution in [0.5, 0.6) is 0 Å². The molecule has 2 aromatic rings. The van der Waals surface area contributed by atoms with E-state index in [9.17, 15) is 4.79 Å². The van der Waals surface area contributed by atoms with Crippen LogP contribution in [0.2, 0.25) is 0 Å². The molecule has 0 fully saturated rings. The van der Waals surface area contributed by atoms with Crippen LogP contribution in [0.25, 0.3) is 11.4 Å². The number of rotatable bonds is 2. The van der Waals surface area contributed by atoms with Crippen LogP contribution < -0.4 is 0 Å². The minimum absolute atomic E-state index is 0.560. The average molecular weight is 188 g/mol. The fraction of sp³-hybridized carbons (Fsp3) is 0.111. The lowest BCUT2D eigenvalue weighted by Crippen LogP contribution is -1.91. The van der Waals surface area contributed by atoms with Crippen molar-refractivity contribution in [2.45, 2.75) is 0 Å². The molecule has 1 heterocycles. The maximum Gasteiger partial charge on any atom is 0.204 e. The fourth-order valence-electron chi connectivity index (χ4n) is 1.11. The van der Waals surface area contributed by atoms with Crippen LogP contribution in [0.1, 0.15) is 10.4 Å². The maximum absolute atomic E-state index is 10.4. The standard InChI is InChI=1S/C9H8N4O/c1-13-11-9(10-12-13)8-4-2-7(6-14)3-5-8/h2-6H,1H3. The van der Waals surface area contributed by atoms with Crippen molar-refractivity contribution in [3.8, 4) is 11.4 Å². The van der Waals surface area contributed by atoms with Crippen molar-refractivity contribution < 1.29 is 4.79 Å². The second-order valence-corrected chi connectivity index (χ2v) is 2.84. The Morgan fingerprint density at radius 3 is 2.50 bits per heavy atom. The van der Waals surface area contributed by atoms with E-state index in [1.165, 1.54) is 4.80 Å². The zero-order valence-corrected chi connectivity index (χ0v) is 7.58. The summed E-state index contributed by atoms with van der Waals surface area (Å²) >= 11 is 0. The third-order valence-corrected chi connectivity index (χ3v) is 1.81. The first-order valence-corrected chi connectivity index (χ1v) is 4.09. The van der Waals surface area contributed by atoms with E-state index in [0.29, 0.717) is 11.4 Å². The van der Waals surface area contributed by atoms with Crippen molar-refractivity contribution in [2.24, 2.45) is 7.05 Å². The predicted octanol–water partition coefficient (Wildman–Crippen LogP) is 0.690. The van der Waals surface area contributed by atoms with Crippen molar-refractivity contribution in [2.75, 3.05) is 0 Å². The second kappa shape index (κ2) is 3.37. The van der Waals surface area contributed by atoms with Crippen LogP contribution in [0.3, 0.4) is 0 Å². The average Bonchev–Trinajstić information content (AvgIpc) is 2.65. The van der Waals surface area contributed by atoms with Crippen molar-refractivity contribution in [3.05, 3.63) is 29.8 Å². The Balaban J connectivity index is 2.38. The molecule has 0 aliphatic carbocycles. The Labute approximate surface area is 80.4 Å². The number of carbonyl (C=O) groups is 1. The molecule has 5 heteroatoms. The van der Waals surface area contributed by atoms with E-state index in [1.54, 1.807) is 31.3 Å². The molecule has 1 aromatic carbocycles. The number of hydrogen-bond acceptors (Lipinski definition) is 4. The van der Waals surface area contributed by atoms with Crippen LogP contribution in [0.4, 0.5) is 0 Å². The highest BCUT2D eigenvalue weighted by atomic mass is 16.1. The van der Waals surface area contributed by atoms with Crippen molar-refractivity contribution in [3.63, 3.8) is 0 Å². The number of aryl methyl sites for hydroxylation is 1. The number of aldehydes is 1. The van der Waals surface area contributed by atoms with Gasteiger partial charge in [-0.3, -0.25) is 4.79 Å². The van der Waals surface area contributed by atoms with E-state index in [1.807, 2.05) is 0 Å². The highest BCUT2D eigenvalue weighted by Gasteiger charge is 2.03. The van der Waals surface area contributed by atoms with Crippen LogP contribution in [-0.4, -0.2) is 26.5 Å². The fourth-order valence-corrected chi connectivity index (χ4v) is 1.11. The smallest absolute Gasteiger partial charge is 0.204 e. The lowest BCUT2D eigenvalue weighted by atomic mass is 10.1. The van der Waals surface area contributed by atoms with Gasteiger partial charge >= 0.3 is 0 Å². The number of aromatic nitrogens is 4. The highest BCUT2D eigenvalue weighted by Crippen LogP contribution is 2.13. The molecule has 0 radical (unpaired) electrons. The normalized spacial score (nSPS) is 10.1. The number of carbonyl (C=O) groups excluding carboxylic acids is 1. The van der Waals surface area contributed by atoms with Crippen molar-refractivity contribution >= 4 is 6.29 Å². The second-order valence-electron chi connectivity index (χ2n) is 2.84. The molecule has 0 unspecified atom stereocenters. The molecule has 0 aliphatic heterocycles. The molecule has 0 saturated heterocycles. The molecule has 14 heavy (non-hydrogen) atoms. The zero-order chi connectivity index (χ0) is 9.97. The molecule has 0 atom stereocenters. The van der Waals surface area contributed by atoms with Gasteiger partial charge in [-0.2, -0.15) is 4.80 Å². The van der Waals surface area contributed by atoms with Crippen LogP contribution in [0.15, 0.2) is 24.3 Å². The molecule has 0 aliphatic rings. The first kappa shape index (κ1) is 8.55. The summed E-state index contributed by atoms with van der Waals surface area (Å²) in [6, 6.07) is 7.03. The summed E-state index contributed by atoms with van der Waals surface area (Å²) in [5.41, 5.74) is 1.49. The van der Waals surface area contributed by atoms with Gasteiger partial charge in [0.25, 0.3) is 0 Å². The van der Waals surface area contributed by atoms with E-state index < -0.39 is 0 Å². The Morgan fingerprint density at radius 1 is 1.29 bits per heavy atom. The van der Waals surface area contributed by atoms with Gasteiger partial charge in [0.1, 0.15) is 6.29 Å². The van der Waals surface area contributed by atoms with Gasteiger partial charge in [0.2, 0.25) is 5.82 Å². The topological polar surface area (TPSA) is 60.7 Å². The molecule has 2 rings (SSSR count). The summed E-state index contributed by atoms with van der Waals surface area (Å²) in [4.78, 5) is 11.8. The number of benzene rings is 1. The summed E-state index contributed by atoms with van der Waals surface area (Å²) in [6.07, 6.45) is 0.799. The molecule has 0 N–H and O–H groups in total. The van der Waals surface area contributed by atoms with Crippen LogP contribution in [0, 0.1) is 0 Å². The Bertz CT molecular complexity index is 446. The highest BCUT2D eigenvalue weighted by molar-refractivity contribution is 5.76. The summed E-state index contributed by atoms with van der Waals surface area (Å²) in [5.74, 6) is 0.560. The van der Waals surface area contributed by atoms with Gasteiger partial charge in [0, 0.05) is 11.1 Å². The first-order chi connectivity index (χ1) is 6.79. The van der Waals surface area contributed by atoms with Gasteiger partial charge in [0.15, 0.2) is 0 Å². The SMILES string of the molecule is Cn1nnc(-c2ccc(C=O)cc2)n1. The first-order valence-electron chi connectivity index (χ1n) is 4.09. The van der Waals surface area contributed by atoms with Gasteiger partial charge in [0.05, 0.1) is 7.05 Å². The van der Waals surface area contributed by atoms with E-state index in [-0.39, 0.29) is 0 Å².